The number of hydrogen-bond donors (Lipinski definition) is 1. The highest BCUT2D eigenvalue weighted by atomic mass is 16.6. The van der Waals surface area contributed by atoms with Gasteiger partial charge in [-0.3, -0.25) is 24.6 Å². The third-order valence-electron chi connectivity index (χ3n) is 5.34. The molecule has 2 heterocycles. The van der Waals surface area contributed by atoms with Crippen LogP contribution >= 0.6 is 0 Å². The number of piperazine rings is 1. The molecule has 9 heteroatoms. The first kappa shape index (κ1) is 19.7. The minimum atomic E-state index is -0.451. The molecule has 1 saturated heterocycles. The topological polar surface area (TPSA) is 112 Å². The van der Waals surface area contributed by atoms with Crippen molar-refractivity contribution in [1.82, 2.24) is 19.8 Å². The van der Waals surface area contributed by atoms with Gasteiger partial charge >= 0.3 is 0 Å². The van der Waals surface area contributed by atoms with E-state index in [2.05, 4.69) is 14.9 Å². The Balaban J connectivity index is 1.40. The van der Waals surface area contributed by atoms with Crippen molar-refractivity contribution >= 4 is 22.5 Å². The zero-order valence-electron chi connectivity index (χ0n) is 16.5. The molecule has 154 valence electrons. The van der Waals surface area contributed by atoms with Crippen LogP contribution in [0.15, 0.2) is 47.3 Å². The molecule has 1 aromatic heterocycles. The number of nitrogens with one attached hydrogen (secondary N) is 1. The number of amides is 1. The monoisotopic (exact) mass is 407 g/mol. The van der Waals surface area contributed by atoms with Crippen LogP contribution < -0.4 is 5.56 Å². The first-order valence-corrected chi connectivity index (χ1v) is 9.67. The number of fused-ring (bicyclic) bond motifs is 1. The molecular weight excluding hydrogens is 386 g/mol. The zero-order valence-corrected chi connectivity index (χ0v) is 16.5. The number of para-hydroxylation sites is 1. The van der Waals surface area contributed by atoms with Gasteiger partial charge in [0.05, 0.1) is 22.4 Å². The number of nitro groups is 1. The highest BCUT2D eigenvalue weighted by molar-refractivity contribution is 5.94. The predicted molar refractivity (Wildman–Crippen MR) is 111 cm³/mol. The van der Waals surface area contributed by atoms with Gasteiger partial charge in [0, 0.05) is 43.4 Å². The van der Waals surface area contributed by atoms with Crippen molar-refractivity contribution in [2.24, 2.45) is 0 Å². The van der Waals surface area contributed by atoms with Crippen LogP contribution in [0.1, 0.15) is 21.7 Å². The Hall–Kier alpha value is -3.59. The zero-order chi connectivity index (χ0) is 21.3. The molecule has 0 saturated carbocycles. The van der Waals surface area contributed by atoms with Gasteiger partial charge in [-0.15, -0.1) is 0 Å². The first-order valence-electron chi connectivity index (χ1n) is 9.67. The summed E-state index contributed by atoms with van der Waals surface area (Å²) in [6.45, 7) is 4.49. The minimum absolute atomic E-state index is 0.00764. The Morgan fingerprint density at radius 2 is 1.90 bits per heavy atom. The van der Waals surface area contributed by atoms with E-state index in [1.165, 1.54) is 12.1 Å². The van der Waals surface area contributed by atoms with Crippen molar-refractivity contribution in [2.45, 2.75) is 13.5 Å². The lowest BCUT2D eigenvalue weighted by Crippen LogP contribution is -2.48. The average molecular weight is 407 g/mol. The third kappa shape index (κ3) is 3.92. The Kier molecular flexibility index (Phi) is 5.28. The van der Waals surface area contributed by atoms with E-state index < -0.39 is 4.92 Å². The van der Waals surface area contributed by atoms with Crippen LogP contribution in [0, 0.1) is 17.0 Å². The van der Waals surface area contributed by atoms with E-state index in [4.69, 9.17) is 0 Å². The maximum absolute atomic E-state index is 12.8. The minimum Gasteiger partial charge on any atom is -0.336 e. The number of hydrogen-bond acceptors (Lipinski definition) is 6. The Bertz CT molecular complexity index is 1180. The molecule has 0 unspecified atom stereocenters. The van der Waals surface area contributed by atoms with Gasteiger partial charge in [0.2, 0.25) is 0 Å². The van der Waals surface area contributed by atoms with E-state index in [0.717, 1.165) is 0 Å². The number of benzene rings is 2. The number of H-pyrrole nitrogens is 1. The summed E-state index contributed by atoms with van der Waals surface area (Å²) in [5, 5.41) is 11.5. The molecule has 0 bridgehead atoms. The summed E-state index contributed by atoms with van der Waals surface area (Å²) < 4.78 is 0. The molecule has 9 nitrogen and oxygen atoms in total. The molecule has 0 aliphatic carbocycles. The van der Waals surface area contributed by atoms with Gasteiger partial charge in [0.1, 0.15) is 5.82 Å². The van der Waals surface area contributed by atoms with Crippen molar-refractivity contribution in [2.75, 3.05) is 26.2 Å². The molecule has 0 spiro atoms. The third-order valence-corrected chi connectivity index (χ3v) is 5.34. The molecule has 30 heavy (non-hydrogen) atoms. The van der Waals surface area contributed by atoms with Gasteiger partial charge < -0.3 is 9.88 Å². The number of aromatic nitrogens is 2. The molecule has 1 N–H and O–H groups in total. The van der Waals surface area contributed by atoms with Gasteiger partial charge in [0.25, 0.3) is 17.2 Å². The summed E-state index contributed by atoms with van der Waals surface area (Å²) in [5.41, 5.74) is 1.44. The second-order valence-electron chi connectivity index (χ2n) is 7.36. The molecule has 1 amide bonds. The summed E-state index contributed by atoms with van der Waals surface area (Å²) in [4.78, 5) is 46.7. The van der Waals surface area contributed by atoms with Crippen molar-refractivity contribution in [3.63, 3.8) is 0 Å². The molecule has 4 rings (SSSR count). The van der Waals surface area contributed by atoms with Gasteiger partial charge in [-0.1, -0.05) is 12.1 Å². The molecule has 1 aliphatic heterocycles. The Morgan fingerprint density at radius 1 is 1.17 bits per heavy atom. The lowest BCUT2D eigenvalue weighted by molar-refractivity contribution is -0.385. The van der Waals surface area contributed by atoms with Crippen LogP contribution in [0.4, 0.5) is 5.69 Å². The predicted octanol–water partition coefficient (Wildman–Crippen LogP) is 2.10. The molecule has 1 aliphatic rings. The summed E-state index contributed by atoms with van der Waals surface area (Å²) >= 11 is 0. The largest absolute Gasteiger partial charge is 0.336 e. The highest BCUT2D eigenvalue weighted by Crippen LogP contribution is 2.20. The van der Waals surface area contributed by atoms with Gasteiger partial charge in [-0.2, -0.15) is 0 Å². The van der Waals surface area contributed by atoms with Crippen LogP contribution in [0.25, 0.3) is 10.9 Å². The molecule has 1 fully saturated rings. The summed E-state index contributed by atoms with van der Waals surface area (Å²) in [6, 6.07) is 11.7. The molecule has 2 aromatic carbocycles. The van der Waals surface area contributed by atoms with E-state index in [9.17, 15) is 19.7 Å². The van der Waals surface area contributed by atoms with Gasteiger partial charge in [-0.25, -0.2) is 4.98 Å². The van der Waals surface area contributed by atoms with Crippen LogP contribution in [0.2, 0.25) is 0 Å². The summed E-state index contributed by atoms with van der Waals surface area (Å²) in [5.74, 6) is 0.467. The van der Waals surface area contributed by atoms with Crippen LogP contribution in [0.3, 0.4) is 0 Å². The lowest BCUT2D eigenvalue weighted by atomic mass is 10.1. The SMILES string of the molecule is Cc1cc(C(=O)N2CCN(Cc3nc4ccccc4c(=O)[nH]3)CC2)ccc1[N+](=O)[O-]. The molecule has 3 aromatic rings. The Morgan fingerprint density at radius 3 is 2.60 bits per heavy atom. The standard InChI is InChI=1S/C21H21N5O4/c1-14-12-15(6-7-18(14)26(29)30)21(28)25-10-8-24(9-11-25)13-19-22-17-5-3-2-4-16(17)20(27)23-19/h2-7,12H,8-11,13H2,1H3,(H,22,23,27). The van der Waals surface area contributed by atoms with Crippen LogP contribution in [-0.4, -0.2) is 56.8 Å². The lowest BCUT2D eigenvalue weighted by Gasteiger charge is -2.34. The number of nitro benzene ring substituents is 1. The highest BCUT2D eigenvalue weighted by Gasteiger charge is 2.24. The second-order valence-corrected chi connectivity index (χ2v) is 7.36. The number of aromatic amines is 1. The molecular formula is C21H21N5O4. The normalized spacial score (nSPS) is 14.8. The van der Waals surface area contributed by atoms with Crippen molar-refractivity contribution in [3.05, 3.63) is 79.9 Å². The van der Waals surface area contributed by atoms with E-state index in [0.29, 0.717) is 60.6 Å². The fourth-order valence-electron chi connectivity index (χ4n) is 3.71. The van der Waals surface area contributed by atoms with E-state index in [1.54, 1.807) is 24.0 Å². The number of nitrogens with zero attached hydrogens (tertiary/aromatic N) is 4. The van der Waals surface area contributed by atoms with Crippen molar-refractivity contribution in [3.8, 4) is 0 Å². The molecule has 0 atom stereocenters. The van der Waals surface area contributed by atoms with Crippen molar-refractivity contribution < 1.29 is 9.72 Å². The maximum atomic E-state index is 12.8. The van der Waals surface area contributed by atoms with Crippen LogP contribution in [0.5, 0.6) is 0 Å². The van der Waals surface area contributed by atoms with E-state index in [-0.39, 0.29) is 17.2 Å². The van der Waals surface area contributed by atoms with Gasteiger partial charge in [-0.05, 0) is 31.2 Å². The van der Waals surface area contributed by atoms with Crippen LogP contribution in [-0.2, 0) is 6.54 Å². The quantitative estimate of drug-likeness (QED) is 0.524. The van der Waals surface area contributed by atoms with Crippen molar-refractivity contribution in [1.29, 1.82) is 0 Å². The van der Waals surface area contributed by atoms with E-state index in [1.807, 2.05) is 18.2 Å². The number of carbonyl (C=O) groups excluding carboxylic acids is 1. The second kappa shape index (κ2) is 8.03. The summed E-state index contributed by atoms with van der Waals surface area (Å²) in [6.07, 6.45) is 0. The molecule has 0 radical (unpaired) electrons. The number of aryl methyl sites for hydroxylation is 1. The maximum Gasteiger partial charge on any atom is 0.272 e. The Labute approximate surface area is 172 Å². The fraction of sp³-hybridized carbons (Fsp3) is 0.286. The fourth-order valence-corrected chi connectivity index (χ4v) is 3.71. The number of rotatable bonds is 4. The first-order chi connectivity index (χ1) is 14.4. The summed E-state index contributed by atoms with van der Waals surface area (Å²) in [7, 11) is 0. The van der Waals surface area contributed by atoms with Gasteiger partial charge in [0.15, 0.2) is 0 Å². The number of carbonyl (C=O) groups is 1. The van der Waals surface area contributed by atoms with E-state index >= 15 is 0 Å². The average Bonchev–Trinajstić information content (AvgIpc) is 2.73. The smallest absolute Gasteiger partial charge is 0.272 e.